The highest BCUT2D eigenvalue weighted by atomic mass is 35.5. The van der Waals surface area contributed by atoms with Crippen molar-refractivity contribution in [2.24, 2.45) is 5.14 Å². The summed E-state index contributed by atoms with van der Waals surface area (Å²) in [6.07, 6.45) is 1.03. The van der Waals surface area contributed by atoms with Crippen molar-refractivity contribution in [1.29, 1.82) is 0 Å². The molecule has 2 aromatic rings. The Bertz CT molecular complexity index is 1060. The summed E-state index contributed by atoms with van der Waals surface area (Å²) in [5.41, 5.74) is 1.32. The summed E-state index contributed by atoms with van der Waals surface area (Å²) in [4.78, 5) is 12.9. The van der Waals surface area contributed by atoms with Crippen LogP contribution in [0.4, 0.5) is 0 Å². The normalized spacial score (nSPS) is 19.3. The van der Waals surface area contributed by atoms with Gasteiger partial charge in [-0.3, -0.25) is 4.79 Å². The molecule has 2 aliphatic rings. The van der Waals surface area contributed by atoms with E-state index in [0.29, 0.717) is 34.2 Å². The van der Waals surface area contributed by atoms with Crippen LogP contribution in [0.25, 0.3) is 11.1 Å². The smallest absolute Gasteiger partial charge is 0.276 e. The van der Waals surface area contributed by atoms with E-state index in [1.807, 2.05) is 12.1 Å². The lowest BCUT2D eigenvalue weighted by atomic mass is 9.82. The molecule has 0 aromatic heterocycles. The van der Waals surface area contributed by atoms with E-state index in [4.69, 9.17) is 33.1 Å². The minimum atomic E-state index is -3.73. The number of benzene rings is 2. The molecule has 2 aliphatic heterocycles. The first kappa shape index (κ1) is 19.7. The van der Waals surface area contributed by atoms with Gasteiger partial charge in [0, 0.05) is 31.5 Å². The van der Waals surface area contributed by atoms with Crippen LogP contribution in [0.5, 0.6) is 5.75 Å². The predicted molar refractivity (Wildman–Crippen MR) is 108 cm³/mol. The van der Waals surface area contributed by atoms with Crippen molar-refractivity contribution >= 4 is 39.2 Å². The topological polar surface area (TPSA) is 89.7 Å². The Hall–Kier alpha value is -1.64. The van der Waals surface area contributed by atoms with Crippen LogP contribution in [0.1, 0.15) is 29.6 Å². The molecule has 0 radical (unpaired) electrons. The molecule has 0 unspecified atom stereocenters. The molecule has 148 valence electrons. The fourth-order valence-electron chi connectivity index (χ4n) is 3.82. The first-order valence-electron chi connectivity index (χ1n) is 8.77. The maximum absolute atomic E-state index is 12.9. The Labute approximate surface area is 173 Å². The number of hydrogen-bond donors (Lipinski definition) is 1. The number of piperidine rings is 1. The third-order valence-electron chi connectivity index (χ3n) is 5.35. The van der Waals surface area contributed by atoms with Crippen LogP contribution in [-0.2, 0) is 10.2 Å². The van der Waals surface area contributed by atoms with E-state index in [9.17, 15) is 13.2 Å². The molecule has 28 heavy (non-hydrogen) atoms. The van der Waals surface area contributed by atoms with Crippen molar-refractivity contribution < 1.29 is 17.9 Å². The fraction of sp³-hybridized carbons (Fsp3) is 0.316. The van der Waals surface area contributed by atoms with Crippen LogP contribution in [-0.4, -0.2) is 37.2 Å². The van der Waals surface area contributed by atoms with Crippen LogP contribution in [0.3, 0.4) is 0 Å². The zero-order chi connectivity index (χ0) is 20.1. The van der Waals surface area contributed by atoms with Gasteiger partial charge in [-0.25, -0.2) is 5.14 Å². The Morgan fingerprint density at radius 1 is 1.07 bits per heavy atom. The molecule has 0 amide bonds. The van der Waals surface area contributed by atoms with E-state index in [0.717, 1.165) is 11.1 Å². The van der Waals surface area contributed by atoms with Crippen LogP contribution in [0, 0.1) is 0 Å². The largest absolute Gasteiger partial charge is 0.486 e. The molecule has 4 rings (SSSR count). The highest BCUT2D eigenvalue weighted by molar-refractivity contribution is 7.86. The van der Waals surface area contributed by atoms with Gasteiger partial charge in [-0.2, -0.15) is 12.7 Å². The van der Waals surface area contributed by atoms with Crippen LogP contribution >= 0.6 is 23.2 Å². The Kier molecular flexibility index (Phi) is 4.92. The number of nitrogens with two attached hydrogens (primary N) is 1. The summed E-state index contributed by atoms with van der Waals surface area (Å²) in [6, 6.07) is 10.7. The van der Waals surface area contributed by atoms with Gasteiger partial charge in [0.25, 0.3) is 10.2 Å². The average Bonchev–Trinajstić information content (AvgIpc) is 2.63. The van der Waals surface area contributed by atoms with Crippen LogP contribution < -0.4 is 9.88 Å². The second-order valence-electron chi connectivity index (χ2n) is 7.14. The van der Waals surface area contributed by atoms with Gasteiger partial charge >= 0.3 is 0 Å². The number of Topliss-reactive ketones (excluding diaryl/α,β-unsaturated/α-hetero) is 1. The summed E-state index contributed by atoms with van der Waals surface area (Å²) in [6.45, 7) is 0.468. The number of halogens is 2. The van der Waals surface area contributed by atoms with Crippen molar-refractivity contribution in [3.8, 4) is 16.9 Å². The van der Waals surface area contributed by atoms with Gasteiger partial charge in [0.15, 0.2) is 5.78 Å². The second kappa shape index (κ2) is 7.00. The molecular weight excluding hydrogens is 423 g/mol. The maximum Gasteiger partial charge on any atom is 0.276 e. The van der Waals surface area contributed by atoms with E-state index in [2.05, 4.69) is 0 Å². The number of ketones is 1. The van der Waals surface area contributed by atoms with E-state index >= 15 is 0 Å². The Balaban J connectivity index is 1.62. The van der Waals surface area contributed by atoms with Crippen LogP contribution in [0.15, 0.2) is 36.4 Å². The number of ether oxygens (including phenoxy) is 1. The Morgan fingerprint density at radius 2 is 1.79 bits per heavy atom. The molecule has 0 saturated carbocycles. The zero-order valence-electron chi connectivity index (χ0n) is 14.8. The van der Waals surface area contributed by atoms with Gasteiger partial charge in [-0.05, 0) is 23.8 Å². The van der Waals surface area contributed by atoms with E-state index < -0.39 is 15.8 Å². The standard InChI is InChI=1S/C19H18Cl2N2O4S/c20-15-3-1-2-13(18(15)21)12-4-5-17-14(10-12)16(24)11-19(27-17)6-8-23(9-7-19)28(22,25)26/h1-5,10H,6-9,11H2,(H2,22,25,26). The number of fused-ring (bicyclic) bond motifs is 1. The molecule has 2 aromatic carbocycles. The monoisotopic (exact) mass is 440 g/mol. The lowest BCUT2D eigenvalue weighted by molar-refractivity contribution is 0.00594. The van der Waals surface area contributed by atoms with Crippen molar-refractivity contribution in [2.75, 3.05) is 13.1 Å². The SMILES string of the molecule is NS(=O)(=O)N1CCC2(CC1)CC(=O)c1cc(-c3cccc(Cl)c3Cl)ccc1O2. The molecule has 6 nitrogen and oxygen atoms in total. The molecule has 1 saturated heterocycles. The molecule has 2 N–H and O–H groups in total. The summed E-state index contributed by atoms with van der Waals surface area (Å²) in [5, 5.41) is 6.07. The molecule has 0 aliphatic carbocycles. The molecule has 1 fully saturated rings. The van der Waals surface area contributed by atoms with Crippen molar-refractivity contribution in [1.82, 2.24) is 4.31 Å². The number of rotatable bonds is 2. The highest BCUT2D eigenvalue weighted by Gasteiger charge is 2.44. The lowest BCUT2D eigenvalue weighted by Crippen LogP contribution is -2.53. The van der Waals surface area contributed by atoms with Crippen molar-refractivity contribution in [2.45, 2.75) is 24.9 Å². The maximum atomic E-state index is 12.9. The summed E-state index contributed by atoms with van der Waals surface area (Å²) in [7, 11) is -3.73. The van der Waals surface area contributed by atoms with E-state index in [-0.39, 0.29) is 25.3 Å². The van der Waals surface area contributed by atoms with Crippen molar-refractivity contribution in [3.63, 3.8) is 0 Å². The van der Waals surface area contributed by atoms with Crippen molar-refractivity contribution in [3.05, 3.63) is 52.0 Å². The van der Waals surface area contributed by atoms with Gasteiger partial charge in [-0.15, -0.1) is 0 Å². The first-order chi connectivity index (χ1) is 13.2. The third kappa shape index (κ3) is 3.53. The third-order valence-corrected chi connectivity index (χ3v) is 7.25. The second-order valence-corrected chi connectivity index (χ2v) is 9.47. The number of carbonyl (C=O) groups excluding carboxylic acids is 1. The molecular formula is C19H18Cl2N2O4S. The molecule has 0 bridgehead atoms. The number of carbonyl (C=O) groups is 1. The van der Waals surface area contributed by atoms with Crippen LogP contribution in [0.2, 0.25) is 10.0 Å². The number of nitrogens with zero attached hydrogens (tertiary/aromatic N) is 1. The quantitative estimate of drug-likeness (QED) is 0.770. The average molecular weight is 441 g/mol. The summed E-state index contributed by atoms with van der Waals surface area (Å²) in [5.74, 6) is 0.465. The summed E-state index contributed by atoms with van der Waals surface area (Å²) < 4.78 is 30.4. The minimum absolute atomic E-state index is 0.0368. The molecule has 1 spiro atoms. The molecule has 2 heterocycles. The van der Waals surface area contributed by atoms with Gasteiger partial charge in [0.1, 0.15) is 11.4 Å². The molecule has 9 heteroatoms. The predicted octanol–water partition coefficient (Wildman–Crippen LogP) is 3.66. The minimum Gasteiger partial charge on any atom is -0.486 e. The zero-order valence-corrected chi connectivity index (χ0v) is 17.1. The van der Waals surface area contributed by atoms with Gasteiger partial charge in [-0.1, -0.05) is 41.4 Å². The number of hydrogen-bond acceptors (Lipinski definition) is 4. The lowest BCUT2D eigenvalue weighted by Gasteiger charge is -2.43. The highest BCUT2D eigenvalue weighted by Crippen LogP contribution is 2.42. The molecule has 0 atom stereocenters. The Morgan fingerprint density at radius 3 is 2.46 bits per heavy atom. The van der Waals surface area contributed by atoms with Gasteiger partial charge < -0.3 is 4.74 Å². The first-order valence-corrected chi connectivity index (χ1v) is 11.0. The van der Waals surface area contributed by atoms with Gasteiger partial charge in [0.05, 0.1) is 22.0 Å². The summed E-state index contributed by atoms with van der Waals surface area (Å²) >= 11 is 12.4. The van der Waals surface area contributed by atoms with E-state index in [1.54, 1.807) is 24.3 Å². The fourth-order valence-corrected chi connectivity index (χ4v) is 4.92. The van der Waals surface area contributed by atoms with E-state index in [1.165, 1.54) is 4.31 Å². The van der Waals surface area contributed by atoms with Gasteiger partial charge in [0.2, 0.25) is 0 Å².